The molecule has 14 nitrogen and oxygen atoms in total. The Balaban J connectivity index is 1.32. The number of ether oxygens (including phenoxy) is 9. The molecular weight excluding hydrogens is 606 g/mol. The van der Waals surface area contributed by atoms with Crippen LogP contribution in [0, 0.1) is 0 Å². The molecule has 0 saturated heterocycles. The number of carboxylic acids is 2. The van der Waals surface area contributed by atoms with Crippen LogP contribution in [-0.4, -0.2) is 96.2 Å². The lowest BCUT2D eigenvalue weighted by Crippen LogP contribution is -2.28. The lowest BCUT2D eigenvalue weighted by atomic mass is 10.1. The van der Waals surface area contributed by atoms with Crippen LogP contribution >= 0.6 is 0 Å². The third-order valence-corrected chi connectivity index (χ3v) is 6.42. The van der Waals surface area contributed by atoms with Crippen LogP contribution in [0.4, 0.5) is 0 Å². The number of aromatic carboxylic acids is 2. The van der Waals surface area contributed by atoms with Gasteiger partial charge in [-0.15, -0.1) is 0 Å². The normalized spacial score (nSPS) is 17.8. The van der Waals surface area contributed by atoms with Crippen LogP contribution in [0.15, 0.2) is 54.0 Å². The van der Waals surface area contributed by atoms with E-state index in [9.17, 15) is 19.8 Å². The minimum absolute atomic E-state index is 0.0307. The monoisotopic (exact) mass is 643 g/mol. The summed E-state index contributed by atoms with van der Waals surface area (Å²) in [6.45, 7) is 4.16. The van der Waals surface area contributed by atoms with Crippen LogP contribution in [0.2, 0.25) is 0 Å². The van der Waals surface area contributed by atoms with Crippen LogP contribution in [0.3, 0.4) is 0 Å². The summed E-state index contributed by atoms with van der Waals surface area (Å²) in [5, 5.41) is 22.5. The van der Waals surface area contributed by atoms with Gasteiger partial charge in [0.15, 0.2) is 17.3 Å². The Kier molecular flexibility index (Phi) is 14.4. The van der Waals surface area contributed by atoms with Crippen molar-refractivity contribution >= 4 is 11.9 Å². The second kappa shape index (κ2) is 19.2. The fraction of sp³-hybridized carbons (Fsp3) is 0.469. The van der Waals surface area contributed by atoms with Crippen molar-refractivity contribution < 1.29 is 62.4 Å². The van der Waals surface area contributed by atoms with E-state index in [4.69, 9.17) is 42.6 Å². The van der Waals surface area contributed by atoms with Crippen molar-refractivity contribution in [2.24, 2.45) is 0 Å². The summed E-state index contributed by atoms with van der Waals surface area (Å²) in [6.07, 6.45) is 5.64. The number of nitrogens with zero attached hydrogens (tertiary/aromatic N) is 1. The minimum atomic E-state index is -1.65. The van der Waals surface area contributed by atoms with Gasteiger partial charge in [0.05, 0.1) is 76.2 Å². The Morgan fingerprint density at radius 1 is 0.674 bits per heavy atom. The average Bonchev–Trinajstić information content (AvgIpc) is 3.06. The Morgan fingerprint density at radius 3 is 1.83 bits per heavy atom. The molecule has 0 amide bonds. The maximum atomic E-state index is 11.2. The molecular formula is C32H37NO13-2. The number of aromatic nitrogens is 1. The first-order valence-electron chi connectivity index (χ1n) is 14.9. The molecule has 2 aliphatic rings. The van der Waals surface area contributed by atoms with Crippen LogP contribution in [0.25, 0.3) is 0 Å². The Bertz CT molecular complexity index is 1310. The van der Waals surface area contributed by atoms with Crippen molar-refractivity contribution in [2.75, 3.05) is 79.3 Å². The molecule has 0 spiro atoms. The van der Waals surface area contributed by atoms with E-state index < -0.39 is 23.3 Å². The van der Waals surface area contributed by atoms with E-state index in [0.29, 0.717) is 82.3 Å². The maximum absolute atomic E-state index is 11.2. The molecule has 46 heavy (non-hydrogen) atoms. The predicted molar refractivity (Wildman–Crippen MR) is 155 cm³/mol. The highest BCUT2D eigenvalue weighted by Gasteiger charge is 2.13. The molecule has 0 fully saturated rings. The number of fused-ring (bicyclic) bond motifs is 1. The second-order valence-corrected chi connectivity index (χ2v) is 9.79. The third-order valence-electron chi connectivity index (χ3n) is 6.42. The number of rotatable bonds is 5. The topological polar surface area (TPSA) is 176 Å². The van der Waals surface area contributed by atoms with E-state index in [1.807, 2.05) is 12.2 Å². The van der Waals surface area contributed by atoms with Crippen LogP contribution < -0.4 is 24.4 Å². The molecule has 1 aliphatic carbocycles. The van der Waals surface area contributed by atoms with Crippen LogP contribution in [-0.2, 0) is 35.0 Å². The molecule has 2 aromatic rings. The number of carbonyl (C=O) groups excluding carboxylic acids is 2. The first kappa shape index (κ1) is 34.5. The van der Waals surface area contributed by atoms with E-state index in [0.717, 1.165) is 30.7 Å². The van der Waals surface area contributed by atoms with Crippen molar-refractivity contribution in [3.8, 4) is 17.2 Å². The van der Waals surface area contributed by atoms with Gasteiger partial charge in [-0.3, -0.25) is 0 Å². The maximum Gasteiger partial charge on any atom is 0.161 e. The van der Waals surface area contributed by atoms with E-state index in [-0.39, 0.29) is 32.2 Å². The summed E-state index contributed by atoms with van der Waals surface area (Å²) in [5.74, 6) is -0.918. The Labute approximate surface area is 266 Å². The van der Waals surface area contributed by atoms with Gasteiger partial charge in [-0.25, -0.2) is 4.98 Å². The van der Waals surface area contributed by atoms with E-state index in [2.05, 4.69) is 4.98 Å². The van der Waals surface area contributed by atoms with Gasteiger partial charge in [-0.05, 0) is 30.2 Å². The van der Waals surface area contributed by atoms with Crippen LogP contribution in [0.1, 0.15) is 39.4 Å². The quantitative estimate of drug-likeness (QED) is 0.447. The minimum Gasteiger partial charge on any atom is -0.543 e. The first-order valence-corrected chi connectivity index (χ1v) is 14.9. The summed E-state index contributed by atoms with van der Waals surface area (Å²) in [4.78, 5) is 25.9. The van der Waals surface area contributed by atoms with E-state index >= 15 is 0 Å². The SMILES string of the molecule is O=C([O-])c1cc(OCc2ccc3c(c2)OCCOCCOCCOC2=C(CCC=C2)OCCOCCOCCO3)cc(C(=O)[O-])n1. The Morgan fingerprint density at radius 2 is 1.22 bits per heavy atom. The number of pyridine rings is 1. The highest BCUT2D eigenvalue weighted by molar-refractivity contribution is 5.88. The molecule has 2 heterocycles. The number of allylic oxidation sites excluding steroid dienone is 3. The lowest BCUT2D eigenvalue weighted by Gasteiger charge is -2.18. The summed E-state index contributed by atoms with van der Waals surface area (Å²) in [6, 6.07) is 7.27. The van der Waals surface area contributed by atoms with E-state index in [1.165, 1.54) is 0 Å². The van der Waals surface area contributed by atoms with Crippen molar-refractivity contribution in [3.05, 3.63) is 71.0 Å². The molecule has 1 aliphatic heterocycles. The molecule has 0 N–H and O–H groups in total. The summed E-state index contributed by atoms with van der Waals surface area (Å²) < 4.78 is 51.7. The van der Waals surface area contributed by atoms with Crippen molar-refractivity contribution in [1.82, 2.24) is 4.98 Å². The molecule has 14 heteroatoms. The molecule has 0 saturated carbocycles. The summed E-state index contributed by atoms with van der Waals surface area (Å²) in [7, 11) is 0. The molecule has 4 rings (SSSR count). The molecule has 0 bridgehead atoms. The number of carboxylic acid groups (broad SMARTS) is 2. The fourth-order valence-corrected chi connectivity index (χ4v) is 4.23. The molecule has 0 radical (unpaired) electrons. The van der Waals surface area contributed by atoms with Gasteiger partial charge >= 0.3 is 0 Å². The standard InChI is InChI=1S/C32H39NO13/c34-31(35)25-20-24(21-26(33-25)32(36)37)46-22-23-5-6-29-30(19-23)45-18-14-41-10-9-39-12-16-43-28-4-2-1-3-27(28)42-15-11-38-7-8-40-13-17-44-29/h2,4-6,19-21H,1,3,7-18,22H2,(H,34,35)(H,36,37)/p-2. The lowest BCUT2D eigenvalue weighted by molar-refractivity contribution is -0.255. The van der Waals surface area contributed by atoms with Gasteiger partial charge in [0.2, 0.25) is 0 Å². The molecule has 1 aromatic heterocycles. The van der Waals surface area contributed by atoms with Crippen LogP contribution in [0.5, 0.6) is 17.2 Å². The van der Waals surface area contributed by atoms with Crippen molar-refractivity contribution in [1.29, 1.82) is 0 Å². The Hall–Kier alpha value is -4.37. The number of carbonyl (C=O) groups is 2. The van der Waals surface area contributed by atoms with Gasteiger partial charge in [-0.2, -0.15) is 0 Å². The van der Waals surface area contributed by atoms with Gasteiger partial charge in [0, 0.05) is 18.6 Å². The molecule has 0 unspecified atom stereocenters. The molecule has 1 aromatic carbocycles. The fourth-order valence-electron chi connectivity index (χ4n) is 4.23. The third kappa shape index (κ3) is 11.9. The zero-order valence-electron chi connectivity index (χ0n) is 25.4. The molecule has 0 atom stereocenters. The second-order valence-electron chi connectivity index (χ2n) is 9.79. The first-order chi connectivity index (χ1) is 22.5. The smallest absolute Gasteiger partial charge is 0.161 e. The highest BCUT2D eigenvalue weighted by atomic mass is 16.6. The largest absolute Gasteiger partial charge is 0.543 e. The van der Waals surface area contributed by atoms with E-state index in [1.54, 1.807) is 18.2 Å². The zero-order chi connectivity index (χ0) is 32.4. The van der Waals surface area contributed by atoms with Gasteiger partial charge in [0.25, 0.3) is 0 Å². The van der Waals surface area contributed by atoms with Gasteiger partial charge < -0.3 is 62.4 Å². The van der Waals surface area contributed by atoms with Crippen molar-refractivity contribution in [2.45, 2.75) is 19.4 Å². The molecule has 250 valence electrons. The number of hydrogen-bond donors (Lipinski definition) is 0. The van der Waals surface area contributed by atoms with Gasteiger partial charge in [-0.1, -0.05) is 12.1 Å². The number of benzene rings is 1. The number of hydrogen-bond acceptors (Lipinski definition) is 14. The average molecular weight is 644 g/mol. The van der Waals surface area contributed by atoms with Crippen molar-refractivity contribution in [3.63, 3.8) is 0 Å². The van der Waals surface area contributed by atoms with Gasteiger partial charge in [0.1, 0.15) is 44.5 Å². The summed E-state index contributed by atoms with van der Waals surface area (Å²) >= 11 is 0. The summed E-state index contributed by atoms with van der Waals surface area (Å²) in [5.41, 5.74) is -0.542. The zero-order valence-corrected chi connectivity index (χ0v) is 25.4. The highest BCUT2D eigenvalue weighted by Crippen LogP contribution is 2.29. The predicted octanol–water partition coefficient (Wildman–Crippen LogP) is 0.820.